The Balaban J connectivity index is 2.20. The number of hydrogen-bond acceptors (Lipinski definition) is 4. The number of benzene rings is 1. The van der Waals surface area contributed by atoms with Crippen LogP contribution in [0.5, 0.6) is 5.75 Å². The minimum absolute atomic E-state index is 0.125. The predicted octanol–water partition coefficient (Wildman–Crippen LogP) is 2.02. The van der Waals surface area contributed by atoms with Gasteiger partial charge in [0.15, 0.2) is 0 Å². The predicted molar refractivity (Wildman–Crippen MR) is 77.9 cm³/mol. The normalized spacial score (nSPS) is 10.4. The maximum absolute atomic E-state index is 12.5. The van der Waals surface area contributed by atoms with Crippen LogP contribution >= 0.6 is 0 Å². The third kappa shape index (κ3) is 2.23. The highest BCUT2D eigenvalue weighted by molar-refractivity contribution is 5.90. The van der Waals surface area contributed by atoms with Gasteiger partial charge in [-0.2, -0.15) is 5.26 Å². The van der Waals surface area contributed by atoms with Crippen molar-refractivity contribution in [3.63, 3.8) is 0 Å². The number of aromatic hydroxyl groups is 1. The van der Waals surface area contributed by atoms with E-state index in [0.29, 0.717) is 11.9 Å². The zero-order valence-corrected chi connectivity index (χ0v) is 11.0. The molecule has 2 aromatic heterocycles. The molecular formula is C16H11N3O2. The van der Waals surface area contributed by atoms with Crippen molar-refractivity contribution < 1.29 is 5.11 Å². The fourth-order valence-corrected chi connectivity index (χ4v) is 2.27. The second kappa shape index (κ2) is 5.10. The van der Waals surface area contributed by atoms with E-state index in [1.54, 1.807) is 12.3 Å². The zero-order chi connectivity index (χ0) is 14.8. The highest BCUT2D eigenvalue weighted by Crippen LogP contribution is 2.22. The van der Waals surface area contributed by atoms with Gasteiger partial charge in [0, 0.05) is 11.6 Å². The number of nitrogens with zero attached hydrogens (tertiary/aromatic N) is 3. The van der Waals surface area contributed by atoms with Crippen molar-refractivity contribution in [2.24, 2.45) is 0 Å². The lowest BCUT2D eigenvalue weighted by Crippen LogP contribution is -2.20. The molecule has 0 atom stereocenters. The Kier molecular flexibility index (Phi) is 3.13. The van der Waals surface area contributed by atoms with Crippen molar-refractivity contribution in [3.05, 3.63) is 70.4 Å². The summed E-state index contributed by atoms with van der Waals surface area (Å²) in [5.41, 5.74) is 0.771. The Labute approximate surface area is 120 Å². The Morgan fingerprint density at radius 2 is 2.00 bits per heavy atom. The van der Waals surface area contributed by atoms with Crippen LogP contribution in [0.25, 0.3) is 10.8 Å². The van der Waals surface area contributed by atoms with Gasteiger partial charge < -0.3 is 9.67 Å². The topological polar surface area (TPSA) is 78.9 Å². The van der Waals surface area contributed by atoms with E-state index in [-0.39, 0.29) is 22.4 Å². The van der Waals surface area contributed by atoms with Crippen LogP contribution in [0, 0.1) is 11.3 Å². The highest BCUT2D eigenvalue weighted by Gasteiger charge is 2.12. The molecule has 0 aliphatic rings. The molecule has 0 fully saturated rings. The molecule has 2 heterocycles. The van der Waals surface area contributed by atoms with Crippen LogP contribution in [0.15, 0.2) is 53.6 Å². The Bertz CT molecular complexity index is 908. The molecule has 102 valence electrons. The van der Waals surface area contributed by atoms with Crippen LogP contribution in [-0.2, 0) is 6.54 Å². The lowest BCUT2D eigenvalue weighted by atomic mass is 10.1. The Hall–Kier alpha value is -3.13. The number of nitriles is 1. The number of rotatable bonds is 2. The SMILES string of the molecule is N#Cc1ncc(O)c2c(=O)n(Cc3ccccc3)ccc12. The zero-order valence-electron chi connectivity index (χ0n) is 11.0. The van der Waals surface area contributed by atoms with Gasteiger partial charge in [0.1, 0.15) is 17.5 Å². The minimum Gasteiger partial charge on any atom is -0.505 e. The first-order chi connectivity index (χ1) is 10.2. The number of aromatic nitrogens is 2. The number of hydrogen-bond donors (Lipinski definition) is 1. The fraction of sp³-hybridized carbons (Fsp3) is 0.0625. The Morgan fingerprint density at radius 1 is 1.24 bits per heavy atom. The monoisotopic (exact) mass is 277 g/mol. The number of pyridine rings is 2. The lowest BCUT2D eigenvalue weighted by Gasteiger charge is -2.08. The van der Waals surface area contributed by atoms with Crippen molar-refractivity contribution >= 4 is 10.8 Å². The molecule has 0 saturated heterocycles. The third-order valence-corrected chi connectivity index (χ3v) is 3.29. The van der Waals surface area contributed by atoms with E-state index >= 15 is 0 Å². The van der Waals surface area contributed by atoms with Gasteiger partial charge in [0.25, 0.3) is 5.56 Å². The van der Waals surface area contributed by atoms with E-state index in [2.05, 4.69) is 4.98 Å². The first kappa shape index (κ1) is 12.9. The molecule has 3 aromatic rings. The maximum Gasteiger partial charge on any atom is 0.262 e. The average Bonchev–Trinajstić information content (AvgIpc) is 2.51. The maximum atomic E-state index is 12.5. The molecule has 0 aliphatic heterocycles. The van der Waals surface area contributed by atoms with Crippen LogP contribution in [0.1, 0.15) is 11.3 Å². The fourth-order valence-electron chi connectivity index (χ4n) is 2.27. The lowest BCUT2D eigenvalue weighted by molar-refractivity contribution is 0.478. The molecule has 21 heavy (non-hydrogen) atoms. The van der Waals surface area contributed by atoms with Crippen LogP contribution in [0.3, 0.4) is 0 Å². The second-order valence-corrected chi connectivity index (χ2v) is 4.63. The van der Waals surface area contributed by atoms with Crippen LogP contribution in [0.2, 0.25) is 0 Å². The molecule has 0 aliphatic carbocycles. The van der Waals surface area contributed by atoms with E-state index in [1.165, 1.54) is 4.57 Å². The van der Waals surface area contributed by atoms with Gasteiger partial charge in [-0.25, -0.2) is 4.98 Å². The molecule has 0 saturated carbocycles. The van der Waals surface area contributed by atoms with Gasteiger partial charge in [-0.05, 0) is 11.6 Å². The molecule has 1 aromatic carbocycles. The quantitative estimate of drug-likeness (QED) is 0.777. The van der Waals surface area contributed by atoms with Crippen molar-refractivity contribution in [1.82, 2.24) is 9.55 Å². The van der Waals surface area contributed by atoms with Gasteiger partial charge in [-0.15, -0.1) is 0 Å². The summed E-state index contributed by atoms with van der Waals surface area (Å²) in [6, 6.07) is 13.1. The van der Waals surface area contributed by atoms with E-state index in [0.717, 1.165) is 11.8 Å². The summed E-state index contributed by atoms with van der Waals surface area (Å²) in [6.45, 7) is 0.402. The van der Waals surface area contributed by atoms with E-state index in [4.69, 9.17) is 5.26 Å². The molecule has 0 spiro atoms. The smallest absolute Gasteiger partial charge is 0.262 e. The first-order valence-electron chi connectivity index (χ1n) is 6.36. The van der Waals surface area contributed by atoms with Crippen LogP contribution < -0.4 is 5.56 Å². The second-order valence-electron chi connectivity index (χ2n) is 4.63. The molecule has 5 heteroatoms. The van der Waals surface area contributed by atoms with Gasteiger partial charge in [0.05, 0.1) is 18.1 Å². The molecule has 0 amide bonds. The molecule has 0 radical (unpaired) electrons. The van der Waals surface area contributed by atoms with Gasteiger partial charge >= 0.3 is 0 Å². The van der Waals surface area contributed by atoms with Gasteiger partial charge in [-0.3, -0.25) is 4.79 Å². The summed E-state index contributed by atoms with van der Waals surface area (Å²) >= 11 is 0. The van der Waals surface area contributed by atoms with Gasteiger partial charge in [-0.1, -0.05) is 30.3 Å². The van der Waals surface area contributed by atoms with Crippen LogP contribution in [-0.4, -0.2) is 14.7 Å². The Morgan fingerprint density at radius 3 is 2.71 bits per heavy atom. The number of fused-ring (bicyclic) bond motifs is 1. The summed E-state index contributed by atoms with van der Waals surface area (Å²) in [7, 11) is 0. The largest absolute Gasteiger partial charge is 0.505 e. The molecular weight excluding hydrogens is 266 g/mol. The third-order valence-electron chi connectivity index (χ3n) is 3.29. The summed E-state index contributed by atoms with van der Waals surface area (Å²) in [5, 5.41) is 19.4. The van der Waals surface area contributed by atoms with E-state index < -0.39 is 0 Å². The summed E-state index contributed by atoms with van der Waals surface area (Å²) in [4.78, 5) is 16.3. The van der Waals surface area contributed by atoms with E-state index in [1.807, 2.05) is 36.4 Å². The van der Waals surface area contributed by atoms with Crippen molar-refractivity contribution in [2.75, 3.05) is 0 Å². The van der Waals surface area contributed by atoms with Crippen molar-refractivity contribution in [1.29, 1.82) is 5.26 Å². The standard InChI is InChI=1S/C16H11N3O2/c17-8-13-12-6-7-19(10-11-4-2-1-3-5-11)16(21)15(12)14(20)9-18-13/h1-7,9,20H,10H2. The first-order valence-corrected chi connectivity index (χ1v) is 6.36. The summed E-state index contributed by atoms with van der Waals surface area (Å²) in [5.74, 6) is -0.212. The van der Waals surface area contributed by atoms with Crippen molar-refractivity contribution in [2.45, 2.75) is 6.54 Å². The molecule has 5 nitrogen and oxygen atoms in total. The summed E-state index contributed by atoms with van der Waals surface area (Å²) < 4.78 is 1.50. The minimum atomic E-state index is -0.340. The van der Waals surface area contributed by atoms with E-state index in [9.17, 15) is 9.90 Å². The molecule has 0 unspecified atom stereocenters. The van der Waals surface area contributed by atoms with Crippen molar-refractivity contribution in [3.8, 4) is 11.8 Å². The highest BCUT2D eigenvalue weighted by atomic mass is 16.3. The van der Waals surface area contributed by atoms with Crippen LogP contribution in [0.4, 0.5) is 0 Å². The average molecular weight is 277 g/mol. The summed E-state index contributed by atoms with van der Waals surface area (Å²) in [6.07, 6.45) is 2.74. The molecule has 3 rings (SSSR count). The van der Waals surface area contributed by atoms with Gasteiger partial charge in [0.2, 0.25) is 0 Å². The molecule has 0 bridgehead atoms. The molecule has 1 N–H and O–H groups in total.